The van der Waals surface area contributed by atoms with Crippen LogP contribution in [-0.4, -0.2) is 17.0 Å². The number of carbonyl (C=O) groups excluding carboxylic acids is 1. The third-order valence-electron chi connectivity index (χ3n) is 3.05. The highest BCUT2D eigenvalue weighted by molar-refractivity contribution is 9.10. The van der Waals surface area contributed by atoms with E-state index in [0.717, 1.165) is 10.0 Å². The van der Waals surface area contributed by atoms with Crippen LogP contribution in [0.2, 0.25) is 5.02 Å². The maximum Gasteiger partial charge on any atom is 0.337 e. The summed E-state index contributed by atoms with van der Waals surface area (Å²) in [5.74, 6) is -1.54. The predicted molar refractivity (Wildman–Crippen MR) is 94.8 cm³/mol. The molecule has 2 rings (SSSR count). The molecule has 1 amide bonds. The number of carboxylic acid groups (broad SMARTS) is 1. The predicted octanol–water partition coefficient (Wildman–Crippen LogP) is 4.84. The van der Waals surface area contributed by atoms with Crippen LogP contribution in [0.25, 0.3) is 6.08 Å². The molecule has 0 heterocycles. The minimum atomic E-state index is -1.16. The van der Waals surface area contributed by atoms with Crippen molar-refractivity contribution in [3.8, 4) is 0 Å². The molecule has 0 fully saturated rings. The Labute approximate surface area is 146 Å². The molecule has 4 nitrogen and oxygen atoms in total. The van der Waals surface area contributed by atoms with Gasteiger partial charge in [-0.15, -0.1) is 0 Å². The Morgan fingerprint density at radius 3 is 2.61 bits per heavy atom. The summed E-state index contributed by atoms with van der Waals surface area (Å²) in [5, 5.41) is 12.1. The van der Waals surface area contributed by atoms with Gasteiger partial charge in [0, 0.05) is 15.1 Å². The molecular weight excluding hydrogens is 382 g/mol. The van der Waals surface area contributed by atoms with Crippen molar-refractivity contribution >= 4 is 51.2 Å². The fourth-order valence-corrected chi connectivity index (χ4v) is 2.52. The van der Waals surface area contributed by atoms with Crippen LogP contribution in [0.15, 0.2) is 52.5 Å². The van der Waals surface area contributed by atoms with E-state index >= 15 is 0 Å². The molecule has 6 heteroatoms. The zero-order valence-corrected chi connectivity index (χ0v) is 14.5. The summed E-state index contributed by atoms with van der Waals surface area (Å²) in [7, 11) is 0. The molecule has 0 aliphatic heterocycles. The maximum absolute atomic E-state index is 12.2. The van der Waals surface area contributed by atoms with Crippen LogP contribution in [0.1, 0.15) is 22.8 Å². The molecule has 2 aromatic carbocycles. The van der Waals surface area contributed by atoms with E-state index in [-0.39, 0.29) is 17.2 Å². The van der Waals surface area contributed by atoms with Crippen molar-refractivity contribution in [2.24, 2.45) is 0 Å². The molecule has 2 aromatic rings. The molecule has 0 unspecified atom stereocenters. The van der Waals surface area contributed by atoms with Gasteiger partial charge in [-0.3, -0.25) is 4.79 Å². The van der Waals surface area contributed by atoms with Crippen LogP contribution < -0.4 is 5.32 Å². The average molecular weight is 395 g/mol. The Bertz CT molecular complexity index is 802. The van der Waals surface area contributed by atoms with Crippen molar-refractivity contribution in [2.75, 3.05) is 5.32 Å². The van der Waals surface area contributed by atoms with E-state index in [0.29, 0.717) is 10.6 Å². The number of anilines is 1. The lowest BCUT2D eigenvalue weighted by Gasteiger charge is -2.09. The van der Waals surface area contributed by atoms with Crippen molar-refractivity contribution in [1.29, 1.82) is 0 Å². The number of carboxylic acids is 1. The first kappa shape index (κ1) is 17.2. The molecule has 0 aromatic heterocycles. The van der Waals surface area contributed by atoms with E-state index in [9.17, 15) is 14.7 Å². The molecule has 0 aliphatic rings. The van der Waals surface area contributed by atoms with E-state index in [2.05, 4.69) is 21.2 Å². The number of halogens is 2. The zero-order valence-electron chi connectivity index (χ0n) is 12.1. The Hall–Kier alpha value is -2.11. The quantitative estimate of drug-likeness (QED) is 0.729. The fraction of sp³-hybridized carbons (Fsp3) is 0.0588. The molecule has 23 heavy (non-hydrogen) atoms. The van der Waals surface area contributed by atoms with Gasteiger partial charge < -0.3 is 10.4 Å². The van der Waals surface area contributed by atoms with Crippen LogP contribution in [0.4, 0.5) is 5.69 Å². The summed E-state index contributed by atoms with van der Waals surface area (Å²) in [6, 6.07) is 11.8. The van der Waals surface area contributed by atoms with Gasteiger partial charge in [-0.25, -0.2) is 4.79 Å². The van der Waals surface area contributed by atoms with Gasteiger partial charge in [0.25, 0.3) is 5.91 Å². The van der Waals surface area contributed by atoms with Crippen LogP contribution in [-0.2, 0) is 4.79 Å². The zero-order chi connectivity index (χ0) is 17.0. The number of benzene rings is 2. The molecule has 0 saturated carbocycles. The molecule has 0 spiro atoms. The fourth-order valence-electron chi connectivity index (χ4n) is 1.94. The summed E-state index contributed by atoms with van der Waals surface area (Å²) in [6.45, 7) is 1.66. The number of aromatic carboxylic acids is 1. The second-order valence-electron chi connectivity index (χ2n) is 4.83. The standard InChI is InChI=1S/C17H13BrClNO3/c1-10(7-11-3-2-4-12(18)8-11)16(21)20-15-6-5-13(19)9-14(15)17(22)23/h2-9H,1H3,(H,20,21)(H,22,23). The minimum Gasteiger partial charge on any atom is -0.478 e. The van der Waals surface area contributed by atoms with Crippen LogP contribution in [0.3, 0.4) is 0 Å². The van der Waals surface area contributed by atoms with Crippen LogP contribution >= 0.6 is 27.5 Å². The largest absolute Gasteiger partial charge is 0.478 e. The van der Waals surface area contributed by atoms with E-state index in [4.69, 9.17) is 11.6 Å². The number of carbonyl (C=O) groups is 2. The van der Waals surface area contributed by atoms with Crippen LogP contribution in [0.5, 0.6) is 0 Å². The molecule has 0 bridgehead atoms. The minimum absolute atomic E-state index is 0.0545. The lowest BCUT2D eigenvalue weighted by atomic mass is 10.1. The molecule has 0 saturated heterocycles. The monoisotopic (exact) mass is 393 g/mol. The third kappa shape index (κ3) is 4.68. The Kier molecular flexibility index (Phi) is 5.58. The topological polar surface area (TPSA) is 66.4 Å². The van der Waals surface area contributed by atoms with Crippen molar-refractivity contribution in [3.05, 3.63) is 68.7 Å². The first-order chi connectivity index (χ1) is 10.9. The molecule has 118 valence electrons. The highest BCUT2D eigenvalue weighted by atomic mass is 79.9. The molecule has 0 aliphatic carbocycles. The molecular formula is C17H13BrClNO3. The number of nitrogens with one attached hydrogen (secondary N) is 1. The normalized spacial score (nSPS) is 11.2. The third-order valence-corrected chi connectivity index (χ3v) is 3.78. The summed E-state index contributed by atoms with van der Waals surface area (Å²) in [4.78, 5) is 23.5. The lowest BCUT2D eigenvalue weighted by Crippen LogP contribution is -2.15. The first-order valence-corrected chi connectivity index (χ1v) is 7.82. The molecule has 0 radical (unpaired) electrons. The van der Waals surface area contributed by atoms with Gasteiger partial charge in [-0.05, 0) is 48.9 Å². The summed E-state index contributed by atoms with van der Waals surface area (Å²) in [5.41, 5.74) is 1.46. The second-order valence-corrected chi connectivity index (χ2v) is 6.18. The second kappa shape index (κ2) is 7.44. The van der Waals surface area contributed by atoms with Gasteiger partial charge in [0.05, 0.1) is 11.3 Å². The summed E-state index contributed by atoms with van der Waals surface area (Å²) >= 11 is 9.16. The maximum atomic E-state index is 12.2. The Morgan fingerprint density at radius 2 is 1.96 bits per heavy atom. The smallest absolute Gasteiger partial charge is 0.337 e. The molecule has 2 N–H and O–H groups in total. The summed E-state index contributed by atoms with van der Waals surface area (Å²) < 4.78 is 0.908. The van der Waals surface area contributed by atoms with Gasteiger partial charge in [-0.1, -0.05) is 39.7 Å². The van der Waals surface area contributed by atoms with E-state index in [1.807, 2.05) is 24.3 Å². The van der Waals surface area contributed by atoms with E-state index in [1.165, 1.54) is 18.2 Å². The van der Waals surface area contributed by atoms with Crippen molar-refractivity contribution in [3.63, 3.8) is 0 Å². The van der Waals surface area contributed by atoms with Gasteiger partial charge in [0.15, 0.2) is 0 Å². The average Bonchev–Trinajstić information content (AvgIpc) is 2.48. The van der Waals surface area contributed by atoms with Gasteiger partial charge in [0.2, 0.25) is 0 Å². The number of hydrogen-bond acceptors (Lipinski definition) is 2. The highest BCUT2D eigenvalue weighted by Crippen LogP contribution is 2.22. The lowest BCUT2D eigenvalue weighted by molar-refractivity contribution is -0.112. The Balaban J connectivity index is 2.23. The Morgan fingerprint density at radius 1 is 1.22 bits per heavy atom. The molecule has 0 atom stereocenters. The van der Waals surface area contributed by atoms with Gasteiger partial charge in [-0.2, -0.15) is 0 Å². The SMILES string of the molecule is CC(=Cc1cccc(Br)c1)C(=O)Nc1ccc(Cl)cc1C(=O)O. The number of hydrogen-bond donors (Lipinski definition) is 2. The van der Waals surface area contributed by atoms with Gasteiger partial charge >= 0.3 is 5.97 Å². The number of rotatable bonds is 4. The van der Waals surface area contributed by atoms with E-state index < -0.39 is 5.97 Å². The van der Waals surface area contributed by atoms with E-state index in [1.54, 1.807) is 13.0 Å². The van der Waals surface area contributed by atoms with Crippen LogP contribution in [0, 0.1) is 0 Å². The highest BCUT2D eigenvalue weighted by Gasteiger charge is 2.14. The van der Waals surface area contributed by atoms with Crippen molar-refractivity contribution in [2.45, 2.75) is 6.92 Å². The summed E-state index contributed by atoms with van der Waals surface area (Å²) in [6.07, 6.45) is 1.72. The van der Waals surface area contributed by atoms with Crippen molar-refractivity contribution in [1.82, 2.24) is 0 Å². The first-order valence-electron chi connectivity index (χ1n) is 6.65. The van der Waals surface area contributed by atoms with Crippen molar-refractivity contribution < 1.29 is 14.7 Å². The van der Waals surface area contributed by atoms with Gasteiger partial charge in [0.1, 0.15) is 0 Å². The number of amides is 1.